The number of nitrogen functional groups attached to an aromatic ring is 1. The van der Waals surface area contributed by atoms with Crippen LogP contribution in [0.4, 0.5) is 5.95 Å². The van der Waals surface area contributed by atoms with E-state index in [0.717, 1.165) is 31.8 Å². The Balaban J connectivity index is 1.91. The number of hydrogen-bond donors (Lipinski definition) is 1. The normalized spacial score (nSPS) is 21.2. The van der Waals surface area contributed by atoms with Gasteiger partial charge in [-0.05, 0) is 25.2 Å². The lowest BCUT2D eigenvalue weighted by molar-refractivity contribution is -0.132. The van der Waals surface area contributed by atoms with Gasteiger partial charge >= 0.3 is 0 Å². The summed E-state index contributed by atoms with van der Waals surface area (Å²) in [6, 6.07) is 0. The van der Waals surface area contributed by atoms with E-state index < -0.39 is 0 Å². The maximum absolute atomic E-state index is 12.0. The van der Waals surface area contributed by atoms with Crippen molar-refractivity contribution in [1.82, 2.24) is 19.7 Å². The summed E-state index contributed by atoms with van der Waals surface area (Å²) in [6.45, 7) is 4.18. The summed E-state index contributed by atoms with van der Waals surface area (Å²) >= 11 is 0. The molecule has 1 aromatic rings. The lowest BCUT2D eigenvalue weighted by Crippen LogP contribution is -2.34. The molecule has 17 heavy (non-hydrogen) atoms. The van der Waals surface area contributed by atoms with Gasteiger partial charge in [-0.25, -0.2) is 9.67 Å². The van der Waals surface area contributed by atoms with Crippen LogP contribution < -0.4 is 5.73 Å². The summed E-state index contributed by atoms with van der Waals surface area (Å²) in [4.78, 5) is 17.8. The monoisotopic (exact) mass is 237 g/mol. The van der Waals surface area contributed by atoms with Crippen molar-refractivity contribution in [2.75, 3.05) is 18.8 Å². The second-order valence-electron chi connectivity index (χ2n) is 4.72. The molecule has 2 N–H and O–H groups in total. The molecule has 1 fully saturated rings. The maximum atomic E-state index is 12.0. The van der Waals surface area contributed by atoms with Crippen LogP contribution in [0, 0.1) is 5.92 Å². The number of hydrogen-bond acceptors (Lipinski definition) is 4. The first kappa shape index (κ1) is 11.9. The van der Waals surface area contributed by atoms with Gasteiger partial charge < -0.3 is 10.6 Å². The first-order valence-corrected chi connectivity index (χ1v) is 6.08. The molecular weight excluding hydrogens is 218 g/mol. The number of amides is 1. The minimum Gasteiger partial charge on any atom is -0.367 e. The molecule has 6 heteroatoms. The van der Waals surface area contributed by atoms with E-state index in [2.05, 4.69) is 17.0 Å². The standard InChI is InChI=1S/C11H19N5O/c1-9-3-2-5-15(6-4-9)10(17)7-16-8-13-11(12)14-16/h8-9H,2-7H2,1H3,(H2,12,14). The SMILES string of the molecule is CC1CCCN(C(=O)Cn2cnc(N)n2)CC1. The summed E-state index contributed by atoms with van der Waals surface area (Å²) < 4.78 is 1.49. The Morgan fingerprint density at radius 3 is 3.06 bits per heavy atom. The van der Waals surface area contributed by atoms with Crippen LogP contribution in [0.25, 0.3) is 0 Å². The second kappa shape index (κ2) is 5.16. The van der Waals surface area contributed by atoms with Crippen LogP contribution in [-0.2, 0) is 11.3 Å². The fraction of sp³-hybridized carbons (Fsp3) is 0.727. The second-order valence-corrected chi connectivity index (χ2v) is 4.72. The summed E-state index contributed by atoms with van der Waals surface area (Å²) in [5, 5.41) is 3.92. The maximum Gasteiger partial charge on any atom is 0.244 e. The highest BCUT2D eigenvalue weighted by Gasteiger charge is 2.18. The Bertz CT molecular complexity index is 389. The van der Waals surface area contributed by atoms with Crippen LogP contribution in [-0.4, -0.2) is 38.7 Å². The molecule has 1 amide bonds. The van der Waals surface area contributed by atoms with Crippen LogP contribution in [0.15, 0.2) is 6.33 Å². The number of rotatable bonds is 2. The highest BCUT2D eigenvalue weighted by molar-refractivity contribution is 5.75. The van der Waals surface area contributed by atoms with Crippen molar-refractivity contribution in [1.29, 1.82) is 0 Å². The highest BCUT2D eigenvalue weighted by Crippen LogP contribution is 2.16. The number of likely N-dealkylation sites (tertiary alicyclic amines) is 1. The number of anilines is 1. The van der Waals surface area contributed by atoms with E-state index in [1.807, 2.05) is 4.90 Å². The van der Waals surface area contributed by atoms with Crippen LogP contribution in [0.3, 0.4) is 0 Å². The topological polar surface area (TPSA) is 77.0 Å². The highest BCUT2D eigenvalue weighted by atomic mass is 16.2. The van der Waals surface area contributed by atoms with Gasteiger partial charge in [-0.15, -0.1) is 5.10 Å². The van der Waals surface area contributed by atoms with Crippen molar-refractivity contribution in [2.45, 2.75) is 32.7 Å². The average molecular weight is 237 g/mol. The number of aromatic nitrogens is 3. The summed E-state index contributed by atoms with van der Waals surface area (Å²) in [6.07, 6.45) is 4.88. The van der Waals surface area contributed by atoms with E-state index in [0.29, 0.717) is 0 Å². The molecule has 0 radical (unpaired) electrons. The van der Waals surface area contributed by atoms with Crippen LogP contribution >= 0.6 is 0 Å². The quantitative estimate of drug-likeness (QED) is 0.813. The number of carbonyl (C=O) groups is 1. The van der Waals surface area contributed by atoms with Crippen molar-refractivity contribution < 1.29 is 4.79 Å². The van der Waals surface area contributed by atoms with Gasteiger partial charge in [0, 0.05) is 13.1 Å². The van der Waals surface area contributed by atoms with Crippen LogP contribution in [0.2, 0.25) is 0 Å². The molecule has 0 bridgehead atoms. The van der Waals surface area contributed by atoms with Gasteiger partial charge in [0.1, 0.15) is 12.9 Å². The van der Waals surface area contributed by atoms with E-state index in [-0.39, 0.29) is 18.4 Å². The van der Waals surface area contributed by atoms with Gasteiger partial charge in [0.2, 0.25) is 11.9 Å². The third-order valence-corrected chi connectivity index (χ3v) is 3.22. The Morgan fingerprint density at radius 1 is 1.53 bits per heavy atom. The van der Waals surface area contributed by atoms with Gasteiger partial charge in [0.25, 0.3) is 0 Å². The van der Waals surface area contributed by atoms with Crippen molar-refractivity contribution in [3.05, 3.63) is 6.33 Å². The van der Waals surface area contributed by atoms with Crippen LogP contribution in [0.1, 0.15) is 26.2 Å². The predicted molar refractivity (Wildman–Crippen MR) is 64.0 cm³/mol. The molecule has 1 aromatic heterocycles. The zero-order valence-electron chi connectivity index (χ0n) is 10.2. The lowest BCUT2D eigenvalue weighted by Gasteiger charge is -2.20. The molecule has 1 atom stereocenters. The van der Waals surface area contributed by atoms with E-state index in [1.54, 1.807) is 0 Å². The van der Waals surface area contributed by atoms with Crippen molar-refractivity contribution in [3.63, 3.8) is 0 Å². The molecule has 0 saturated carbocycles. The van der Waals surface area contributed by atoms with Gasteiger partial charge in [-0.1, -0.05) is 6.92 Å². The summed E-state index contributed by atoms with van der Waals surface area (Å²) in [5.41, 5.74) is 5.41. The van der Waals surface area contributed by atoms with E-state index in [9.17, 15) is 4.79 Å². The molecule has 2 heterocycles. The first-order valence-electron chi connectivity index (χ1n) is 6.08. The molecule has 1 saturated heterocycles. The molecule has 0 spiro atoms. The van der Waals surface area contributed by atoms with Crippen molar-refractivity contribution in [2.24, 2.45) is 5.92 Å². The fourth-order valence-electron chi connectivity index (χ4n) is 2.14. The summed E-state index contributed by atoms with van der Waals surface area (Å²) in [5.74, 6) is 1.03. The Morgan fingerprint density at radius 2 is 2.35 bits per heavy atom. The lowest BCUT2D eigenvalue weighted by atomic mass is 10.0. The van der Waals surface area contributed by atoms with E-state index in [4.69, 9.17) is 5.73 Å². The average Bonchev–Trinajstić information content (AvgIpc) is 2.56. The molecule has 1 unspecified atom stereocenters. The molecule has 0 aromatic carbocycles. The predicted octanol–water partition coefficient (Wildman–Crippen LogP) is 0.509. The molecule has 94 valence electrons. The Kier molecular flexibility index (Phi) is 3.61. The molecule has 0 aliphatic carbocycles. The molecule has 1 aliphatic heterocycles. The zero-order chi connectivity index (χ0) is 12.3. The van der Waals surface area contributed by atoms with Gasteiger partial charge in [0.15, 0.2) is 0 Å². The molecule has 1 aliphatic rings. The zero-order valence-corrected chi connectivity index (χ0v) is 10.2. The minimum atomic E-state index is 0.101. The number of nitrogens with zero attached hydrogens (tertiary/aromatic N) is 4. The first-order chi connectivity index (χ1) is 8.15. The minimum absolute atomic E-state index is 0.101. The van der Waals surface area contributed by atoms with Crippen molar-refractivity contribution in [3.8, 4) is 0 Å². The van der Waals surface area contributed by atoms with Gasteiger partial charge in [0.05, 0.1) is 0 Å². The number of carbonyl (C=O) groups excluding carboxylic acids is 1. The van der Waals surface area contributed by atoms with Gasteiger partial charge in [-0.3, -0.25) is 4.79 Å². The smallest absolute Gasteiger partial charge is 0.244 e. The van der Waals surface area contributed by atoms with Gasteiger partial charge in [-0.2, -0.15) is 0 Å². The molecule has 6 nitrogen and oxygen atoms in total. The Hall–Kier alpha value is -1.59. The number of nitrogens with two attached hydrogens (primary N) is 1. The molecular formula is C11H19N5O. The third-order valence-electron chi connectivity index (χ3n) is 3.22. The fourth-order valence-corrected chi connectivity index (χ4v) is 2.14. The molecule has 2 rings (SSSR count). The van der Waals surface area contributed by atoms with Crippen molar-refractivity contribution >= 4 is 11.9 Å². The largest absolute Gasteiger partial charge is 0.367 e. The van der Waals surface area contributed by atoms with E-state index in [1.165, 1.54) is 17.4 Å². The van der Waals surface area contributed by atoms with Crippen LogP contribution in [0.5, 0.6) is 0 Å². The third kappa shape index (κ3) is 3.18. The summed E-state index contributed by atoms with van der Waals surface area (Å²) in [7, 11) is 0. The Labute approximate surface area is 101 Å². The van der Waals surface area contributed by atoms with E-state index >= 15 is 0 Å².